The lowest BCUT2D eigenvalue weighted by Crippen LogP contribution is -2.36. The third kappa shape index (κ3) is 10.1. The molecule has 2 aliphatic rings. The van der Waals surface area contributed by atoms with Gasteiger partial charge in [0.15, 0.2) is 0 Å². The SMILES string of the molecule is CCOC(OCC)C(=O)c1ccccc1.O=C(c1ccccc1)C(OC1CCCCC1)OC1CCCCC1. The van der Waals surface area contributed by atoms with Crippen molar-refractivity contribution in [3.05, 3.63) is 71.8 Å². The van der Waals surface area contributed by atoms with Gasteiger partial charge in [-0.15, -0.1) is 0 Å². The summed E-state index contributed by atoms with van der Waals surface area (Å²) in [7, 11) is 0. The van der Waals surface area contributed by atoms with E-state index in [1.165, 1.54) is 38.5 Å². The number of hydrogen-bond acceptors (Lipinski definition) is 6. The number of Topliss-reactive ketones (excluding diaryl/α,β-unsaturated/α-hetero) is 2. The molecule has 0 N–H and O–H groups in total. The lowest BCUT2D eigenvalue weighted by Gasteiger charge is -2.31. The Morgan fingerprint density at radius 3 is 1.34 bits per heavy atom. The predicted octanol–water partition coefficient (Wildman–Crippen LogP) is 7.16. The van der Waals surface area contributed by atoms with E-state index in [0.717, 1.165) is 25.7 Å². The van der Waals surface area contributed by atoms with E-state index in [2.05, 4.69) is 0 Å². The van der Waals surface area contributed by atoms with Crippen molar-refractivity contribution < 1.29 is 28.5 Å². The van der Waals surface area contributed by atoms with Crippen LogP contribution in [0.5, 0.6) is 0 Å². The highest BCUT2D eigenvalue weighted by Gasteiger charge is 2.29. The molecule has 38 heavy (non-hydrogen) atoms. The molecule has 0 spiro atoms. The van der Waals surface area contributed by atoms with Crippen molar-refractivity contribution in [2.45, 2.75) is 103 Å². The number of carbonyl (C=O) groups excluding carboxylic acids is 2. The van der Waals surface area contributed by atoms with Crippen LogP contribution in [-0.2, 0) is 18.9 Å². The molecule has 0 heterocycles. The van der Waals surface area contributed by atoms with Crippen molar-refractivity contribution in [2.75, 3.05) is 13.2 Å². The van der Waals surface area contributed by atoms with E-state index in [9.17, 15) is 9.59 Å². The monoisotopic (exact) mass is 524 g/mol. The minimum Gasteiger partial charge on any atom is -0.346 e. The van der Waals surface area contributed by atoms with Gasteiger partial charge in [-0.05, 0) is 39.5 Å². The van der Waals surface area contributed by atoms with Gasteiger partial charge in [-0.2, -0.15) is 0 Å². The molecule has 6 nitrogen and oxygen atoms in total. The maximum absolute atomic E-state index is 12.8. The summed E-state index contributed by atoms with van der Waals surface area (Å²) in [6.45, 7) is 4.60. The molecule has 0 atom stereocenters. The van der Waals surface area contributed by atoms with Crippen molar-refractivity contribution >= 4 is 11.6 Å². The Labute approximate surface area is 228 Å². The summed E-state index contributed by atoms with van der Waals surface area (Å²) in [5.74, 6) is -0.152. The Hall–Kier alpha value is -2.38. The molecule has 2 aromatic carbocycles. The summed E-state index contributed by atoms with van der Waals surface area (Å²) in [4.78, 5) is 24.7. The van der Waals surface area contributed by atoms with Crippen molar-refractivity contribution in [2.24, 2.45) is 0 Å². The number of ether oxygens (including phenoxy) is 4. The van der Waals surface area contributed by atoms with Crippen molar-refractivity contribution in [3.8, 4) is 0 Å². The maximum Gasteiger partial charge on any atom is 0.223 e. The summed E-state index contributed by atoms with van der Waals surface area (Å²) >= 11 is 0. The molecule has 2 aromatic rings. The molecule has 208 valence electrons. The standard InChI is InChI=1S/C20H28O3.C12H16O3/c21-19(16-10-4-1-5-11-16)20(22-17-12-6-2-7-13-17)23-18-14-8-3-9-15-18;1-3-14-12(15-4-2)11(13)10-8-6-5-7-9-10/h1,4-5,10-11,17-18,20H,2-3,6-9,12-15H2;5-9,12H,3-4H2,1-2H3. The molecule has 0 radical (unpaired) electrons. The molecule has 0 aliphatic heterocycles. The first-order chi connectivity index (χ1) is 18.6. The van der Waals surface area contributed by atoms with E-state index in [1.807, 2.05) is 62.4 Å². The molecule has 0 unspecified atom stereocenters. The van der Waals surface area contributed by atoms with Gasteiger partial charge in [-0.1, -0.05) is 99.2 Å². The number of rotatable bonds is 12. The highest BCUT2D eigenvalue weighted by atomic mass is 16.7. The number of carbonyl (C=O) groups is 2. The van der Waals surface area contributed by atoms with E-state index < -0.39 is 12.6 Å². The van der Waals surface area contributed by atoms with E-state index in [4.69, 9.17) is 18.9 Å². The highest BCUT2D eigenvalue weighted by Crippen LogP contribution is 2.26. The Kier molecular flexibility index (Phi) is 13.7. The van der Waals surface area contributed by atoms with Crippen LogP contribution in [0.1, 0.15) is 98.8 Å². The Morgan fingerprint density at radius 2 is 0.974 bits per heavy atom. The first-order valence-corrected chi connectivity index (χ1v) is 14.3. The predicted molar refractivity (Wildman–Crippen MR) is 148 cm³/mol. The molecule has 0 amide bonds. The van der Waals surface area contributed by atoms with Crippen LogP contribution in [0, 0.1) is 0 Å². The third-order valence-electron chi connectivity index (χ3n) is 6.92. The quantitative estimate of drug-likeness (QED) is 0.217. The van der Waals surface area contributed by atoms with Gasteiger partial charge < -0.3 is 18.9 Å². The number of hydrogen-bond donors (Lipinski definition) is 0. The zero-order valence-corrected chi connectivity index (χ0v) is 23.0. The van der Waals surface area contributed by atoms with Crippen LogP contribution in [0.15, 0.2) is 60.7 Å². The number of ketones is 2. The molecular weight excluding hydrogens is 480 g/mol. The Balaban J connectivity index is 0.000000232. The normalized spacial score (nSPS) is 16.7. The average Bonchev–Trinajstić information content (AvgIpc) is 2.98. The minimum atomic E-state index is -0.776. The summed E-state index contributed by atoms with van der Waals surface area (Å²) in [6, 6.07) is 18.4. The van der Waals surface area contributed by atoms with Crippen molar-refractivity contribution in [1.29, 1.82) is 0 Å². The molecule has 0 aromatic heterocycles. The Morgan fingerprint density at radius 1 is 0.605 bits per heavy atom. The molecule has 4 rings (SSSR count). The summed E-state index contributed by atoms with van der Waals surface area (Å²) in [6.07, 6.45) is 10.4. The summed E-state index contributed by atoms with van der Waals surface area (Å²) in [5, 5.41) is 0. The van der Waals surface area contributed by atoms with Crippen LogP contribution in [0.3, 0.4) is 0 Å². The average molecular weight is 525 g/mol. The largest absolute Gasteiger partial charge is 0.346 e. The molecule has 6 heteroatoms. The van der Waals surface area contributed by atoms with Gasteiger partial charge in [0.1, 0.15) is 0 Å². The zero-order chi connectivity index (χ0) is 27.0. The zero-order valence-electron chi connectivity index (χ0n) is 23.0. The van der Waals surface area contributed by atoms with Crippen molar-refractivity contribution in [3.63, 3.8) is 0 Å². The molecule has 0 bridgehead atoms. The lowest BCUT2D eigenvalue weighted by atomic mass is 9.97. The van der Waals surface area contributed by atoms with E-state index in [1.54, 1.807) is 12.1 Å². The topological polar surface area (TPSA) is 71.1 Å². The second-order valence-corrected chi connectivity index (χ2v) is 9.83. The Bertz CT molecular complexity index is 893. The summed E-state index contributed by atoms with van der Waals surface area (Å²) < 4.78 is 22.7. The fraction of sp³-hybridized carbons (Fsp3) is 0.562. The fourth-order valence-electron chi connectivity index (χ4n) is 4.89. The molecule has 2 fully saturated rings. The van der Waals surface area contributed by atoms with E-state index >= 15 is 0 Å². The van der Waals surface area contributed by atoms with Gasteiger partial charge in [0.05, 0.1) is 12.2 Å². The van der Waals surface area contributed by atoms with Crippen LogP contribution in [0.4, 0.5) is 0 Å². The summed E-state index contributed by atoms with van der Waals surface area (Å²) in [5.41, 5.74) is 1.30. The van der Waals surface area contributed by atoms with Crippen LogP contribution >= 0.6 is 0 Å². The first-order valence-electron chi connectivity index (χ1n) is 14.3. The third-order valence-corrected chi connectivity index (χ3v) is 6.92. The van der Waals surface area contributed by atoms with Crippen LogP contribution < -0.4 is 0 Å². The second kappa shape index (κ2) is 17.3. The number of benzene rings is 2. The minimum absolute atomic E-state index is 0.0262. The molecule has 0 saturated heterocycles. The molecule has 2 aliphatic carbocycles. The molecular formula is C32H44O6. The smallest absolute Gasteiger partial charge is 0.223 e. The lowest BCUT2D eigenvalue weighted by molar-refractivity contribution is -0.177. The first kappa shape index (κ1) is 30.2. The van der Waals surface area contributed by atoms with Crippen LogP contribution in [0.25, 0.3) is 0 Å². The van der Waals surface area contributed by atoms with Gasteiger partial charge in [-0.25, -0.2) is 0 Å². The van der Waals surface area contributed by atoms with Gasteiger partial charge in [0.25, 0.3) is 0 Å². The van der Waals surface area contributed by atoms with E-state index in [0.29, 0.717) is 24.3 Å². The van der Waals surface area contributed by atoms with E-state index in [-0.39, 0.29) is 23.8 Å². The van der Waals surface area contributed by atoms with Crippen LogP contribution in [-0.4, -0.2) is 49.6 Å². The van der Waals surface area contributed by atoms with Gasteiger partial charge in [-0.3, -0.25) is 9.59 Å². The van der Waals surface area contributed by atoms with Crippen LogP contribution in [0.2, 0.25) is 0 Å². The van der Waals surface area contributed by atoms with Gasteiger partial charge >= 0.3 is 0 Å². The maximum atomic E-state index is 12.8. The second-order valence-electron chi connectivity index (χ2n) is 9.83. The fourth-order valence-corrected chi connectivity index (χ4v) is 4.89. The van der Waals surface area contributed by atoms with Crippen molar-refractivity contribution in [1.82, 2.24) is 0 Å². The van der Waals surface area contributed by atoms with Gasteiger partial charge in [0, 0.05) is 24.3 Å². The molecule has 2 saturated carbocycles. The highest BCUT2D eigenvalue weighted by molar-refractivity contribution is 5.99. The van der Waals surface area contributed by atoms with Gasteiger partial charge in [0.2, 0.25) is 24.1 Å².